The maximum Gasteiger partial charge on any atom is 0.108 e. The number of aliphatic imine (C=N–C) groups is 1. The fourth-order valence-corrected chi connectivity index (χ4v) is 3.44. The van der Waals surface area contributed by atoms with Crippen LogP contribution in [-0.4, -0.2) is 27.8 Å². The van der Waals surface area contributed by atoms with E-state index in [1.165, 1.54) is 16.7 Å². The van der Waals surface area contributed by atoms with Crippen molar-refractivity contribution in [3.05, 3.63) is 57.3 Å². The molecular formula is C20H24ClN5S. The van der Waals surface area contributed by atoms with E-state index in [9.17, 15) is 0 Å². The van der Waals surface area contributed by atoms with Gasteiger partial charge in [0.2, 0.25) is 0 Å². The summed E-state index contributed by atoms with van der Waals surface area (Å²) in [6.45, 7) is 8.98. The first-order valence-corrected chi connectivity index (χ1v) is 9.53. The molecule has 0 saturated carbocycles. The monoisotopic (exact) mass is 401 g/mol. The number of halogens is 1. The van der Waals surface area contributed by atoms with Gasteiger partial charge in [0.05, 0.1) is 23.2 Å². The van der Waals surface area contributed by atoms with Crippen molar-refractivity contribution in [1.82, 2.24) is 15.0 Å². The van der Waals surface area contributed by atoms with Crippen molar-refractivity contribution in [2.45, 2.75) is 34.1 Å². The Morgan fingerprint density at radius 3 is 2.59 bits per heavy atom. The molecule has 0 unspecified atom stereocenters. The van der Waals surface area contributed by atoms with Gasteiger partial charge in [-0.1, -0.05) is 6.07 Å². The summed E-state index contributed by atoms with van der Waals surface area (Å²) in [6, 6.07) is 4.40. The largest absolute Gasteiger partial charge is 0.347 e. The van der Waals surface area contributed by atoms with Gasteiger partial charge in [0.15, 0.2) is 0 Å². The van der Waals surface area contributed by atoms with Gasteiger partial charge in [0, 0.05) is 30.2 Å². The molecule has 3 aromatic rings. The molecule has 5 nitrogen and oxygen atoms in total. The van der Waals surface area contributed by atoms with Crippen LogP contribution in [0.2, 0.25) is 0 Å². The second-order valence-corrected chi connectivity index (χ2v) is 7.15. The molecular weight excluding hydrogens is 378 g/mol. The van der Waals surface area contributed by atoms with Crippen LogP contribution in [0.3, 0.4) is 0 Å². The number of nitrogens with zero attached hydrogens (tertiary/aromatic N) is 4. The molecule has 0 bridgehead atoms. The minimum absolute atomic E-state index is 0. The first kappa shape index (κ1) is 21.0. The molecule has 0 aliphatic heterocycles. The van der Waals surface area contributed by atoms with Gasteiger partial charge in [-0.25, -0.2) is 4.98 Å². The Bertz CT molecular complexity index is 919. The number of aromatic nitrogens is 3. The summed E-state index contributed by atoms with van der Waals surface area (Å²) in [5, 5.41) is 6.39. The molecule has 7 heteroatoms. The van der Waals surface area contributed by atoms with Crippen molar-refractivity contribution < 1.29 is 0 Å². The van der Waals surface area contributed by atoms with E-state index in [-0.39, 0.29) is 12.4 Å². The van der Waals surface area contributed by atoms with Crippen LogP contribution in [0.15, 0.2) is 34.9 Å². The molecule has 0 radical (unpaired) electrons. The van der Waals surface area contributed by atoms with Crippen molar-refractivity contribution in [3.63, 3.8) is 0 Å². The summed E-state index contributed by atoms with van der Waals surface area (Å²) < 4.78 is 0. The number of hydrogen-bond acceptors (Lipinski definition) is 5. The molecule has 142 valence electrons. The standard InChI is InChI=1S/C20H23N5S.ClH/c1-5-21-12-24-17-7-13(2)16(6-14(17)3)8-20-25-19(11-26-20)18-10-22-15(4)9-23-18;/h6-7,9-12H,5,8H2,1-4H3,(H,21,24);1H. The number of thiazole rings is 1. The molecule has 0 atom stereocenters. The Balaban J connectivity index is 0.00000261. The minimum atomic E-state index is 0. The second-order valence-electron chi connectivity index (χ2n) is 6.21. The Morgan fingerprint density at radius 1 is 1.07 bits per heavy atom. The van der Waals surface area contributed by atoms with Gasteiger partial charge in [-0.05, 0) is 50.5 Å². The summed E-state index contributed by atoms with van der Waals surface area (Å²) in [5.41, 5.74) is 7.45. The summed E-state index contributed by atoms with van der Waals surface area (Å²) >= 11 is 1.66. The topological polar surface area (TPSA) is 63.1 Å². The Hall–Kier alpha value is -2.31. The van der Waals surface area contributed by atoms with Crippen LogP contribution in [0.25, 0.3) is 11.4 Å². The van der Waals surface area contributed by atoms with Gasteiger partial charge < -0.3 is 5.32 Å². The van der Waals surface area contributed by atoms with Gasteiger partial charge in [0.1, 0.15) is 11.4 Å². The number of anilines is 1. The third kappa shape index (κ3) is 5.34. The molecule has 3 rings (SSSR count). The van der Waals surface area contributed by atoms with E-state index in [4.69, 9.17) is 4.98 Å². The van der Waals surface area contributed by atoms with Gasteiger partial charge in [-0.3, -0.25) is 15.0 Å². The molecule has 27 heavy (non-hydrogen) atoms. The van der Waals surface area contributed by atoms with Gasteiger partial charge in [0.25, 0.3) is 0 Å². The van der Waals surface area contributed by atoms with Crippen LogP contribution in [0.4, 0.5) is 5.69 Å². The third-order valence-corrected chi connectivity index (χ3v) is 4.96. The smallest absolute Gasteiger partial charge is 0.108 e. The molecule has 0 fully saturated rings. The van der Waals surface area contributed by atoms with Crippen LogP contribution < -0.4 is 5.32 Å². The van der Waals surface area contributed by atoms with Crippen LogP contribution in [0.1, 0.15) is 34.3 Å². The zero-order valence-corrected chi connectivity index (χ0v) is 17.6. The molecule has 0 amide bonds. The second kappa shape index (κ2) is 9.58. The van der Waals surface area contributed by atoms with Crippen molar-refractivity contribution in [3.8, 4) is 11.4 Å². The van der Waals surface area contributed by atoms with Crippen LogP contribution in [0.5, 0.6) is 0 Å². The van der Waals surface area contributed by atoms with Gasteiger partial charge in [-0.15, -0.1) is 23.7 Å². The Labute approximate surface area is 170 Å². The predicted molar refractivity (Wildman–Crippen MR) is 117 cm³/mol. The fraction of sp³-hybridized carbons (Fsp3) is 0.300. The molecule has 0 spiro atoms. The van der Waals surface area contributed by atoms with Crippen LogP contribution in [-0.2, 0) is 6.42 Å². The van der Waals surface area contributed by atoms with E-state index in [2.05, 4.69) is 46.3 Å². The average Bonchev–Trinajstić information content (AvgIpc) is 3.08. The number of aryl methyl sites for hydroxylation is 3. The Morgan fingerprint density at radius 2 is 1.89 bits per heavy atom. The molecule has 0 saturated heterocycles. The minimum Gasteiger partial charge on any atom is -0.347 e. The van der Waals surface area contributed by atoms with E-state index >= 15 is 0 Å². The van der Waals surface area contributed by atoms with Crippen LogP contribution in [0, 0.1) is 20.8 Å². The molecule has 1 N–H and O–H groups in total. The summed E-state index contributed by atoms with van der Waals surface area (Å²) in [6.07, 6.45) is 6.13. The lowest BCUT2D eigenvalue weighted by atomic mass is 10.0. The predicted octanol–water partition coefficient (Wildman–Crippen LogP) is 5.00. The normalized spacial score (nSPS) is 10.8. The van der Waals surface area contributed by atoms with Crippen molar-refractivity contribution >= 4 is 35.8 Å². The first-order valence-electron chi connectivity index (χ1n) is 8.65. The number of benzene rings is 1. The lowest BCUT2D eigenvalue weighted by Crippen LogP contribution is -2.01. The van der Waals surface area contributed by atoms with Crippen molar-refractivity contribution in [2.24, 2.45) is 4.99 Å². The summed E-state index contributed by atoms with van der Waals surface area (Å²) in [4.78, 5) is 17.7. The van der Waals surface area contributed by atoms with E-state index < -0.39 is 0 Å². The van der Waals surface area contributed by atoms with E-state index in [0.29, 0.717) is 0 Å². The number of nitrogens with one attached hydrogen (secondary N) is 1. The SMILES string of the molecule is CCN=CNc1cc(C)c(Cc2nc(-c3cnc(C)cn3)cs2)cc1C.Cl. The lowest BCUT2D eigenvalue weighted by molar-refractivity contribution is 1.08. The van der Waals surface area contributed by atoms with Crippen molar-refractivity contribution in [1.29, 1.82) is 0 Å². The zero-order chi connectivity index (χ0) is 18.5. The maximum absolute atomic E-state index is 4.74. The van der Waals surface area contributed by atoms with E-state index in [1.807, 2.05) is 19.2 Å². The Kier molecular flexibility index (Phi) is 7.45. The zero-order valence-electron chi connectivity index (χ0n) is 16.0. The molecule has 1 aromatic carbocycles. The van der Waals surface area contributed by atoms with Crippen LogP contribution >= 0.6 is 23.7 Å². The highest BCUT2D eigenvalue weighted by Gasteiger charge is 2.10. The summed E-state index contributed by atoms with van der Waals surface area (Å²) in [5.74, 6) is 0. The number of rotatable bonds is 6. The van der Waals surface area contributed by atoms with E-state index in [0.717, 1.165) is 40.7 Å². The molecule has 2 heterocycles. The third-order valence-electron chi connectivity index (χ3n) is 4.11. The molecule has 0 aliphatic carbocycles. The highest BCUT2D eigenvalue weighted by atomic mass is 35.5. The van der Waals surface area contributed by atoms with E-state index in [1.54, 1.807) is 30.1 Å². The lowest BCUT2D eigenvalue weighted by Gasteiger charge is -2.11. The van der Waals surface area contributed by atoms with Crippen molar-refractivity contribution in [2.75, 3.05) is 11.9 Å². The fourth-order valence-electron chi connectivity index (χ4n) is 2.63. The van der Waals surface area contributed by atoms with Gasteiger partial charge in [-0.2, -0.15) is 0 Å². The maximum atomic E-state index is 4.74. The first-order chi connectivity index (χ1) is 12.6. The highest BCUT2D eigenvalue weighted by molar-refractivity contribution is 7.10. The quantitative estimate of drug-likeness (QED) is 0.466. The number of hydrogen-bond donors (Lipinski definition) is 1. The molecule has 2 aromatic heterocycles. The average molecular weight is 402 g/mol. The van der Waals surface area contributed by atoms with Gasteiger partial charge >= 0.3 is 0 Å². The molecule has 0 aliphatic rings. The highest BCUT2D eigenvalue weighted by Crippen LogP contribution is 2.25. The summed E-state index contributed by atoms with van der Waals surface area (Å²) in [7, 11) is 0.